The average molecular weight is 281 g/mol. The number of nitrogens with two attached hydrogens (primary N) is 1. The van der Waals surface area contributed by atoms with Gasteiger partial charge < -0.3 is 19.9 Å². The second-order valence-corrected chi connectivity index (χ2v) is 5.38. The second-order valence-electron chi connectivity index (χ2n) is 5.38. The fourth-order valence-electron chi connectivity index (χ4n) is 1.81. The number of ether oxygens (including phenoxy) is 3. The summed E-state index contributed by atoms with van der Waals surface area (Å²) < 4.78 is 16.4. The van der Waals surface area contributed by atoms with Gasteiger partial charge in [0.2, 0.25) is 0 Å². The van der Waals surface area contributed by atoms with Gasteiger partial charge in [-0.3, -0.25) is 0 Å². The zero-order chi connectivity index (χ0) is 15.0. The summed E-state index contributed by atoms with van der Waals surface area (Å²) in [6, 6.07) is 5.97. The van der Waals surface area contributed by atoms with E-state index in [4.69, 9.17) is 19.9 Å². The molecular weight excluding hydrogens is 254 g/mol. The van der Waals surface area contributed by atoms with E-state index >= 15 is 0 Å². The van der Waals surface area contributed by atoms with E-state index in [-0.39, 0.29) is 6.04 Å². The maximum atomic E-state index is 5.90. The van der Waals surface area contributed by atoms with E-state index in [1.54, 1.807) is 7.11 Å². The molecule has 0 aliphatic heterocycles. The molecule has 1 unspecified atom stereocenters. The van der Waals surface area contributed by atoms with Gasteiger partial charge in [0.1, 0.15) is 5.75 Å². The number of rotatable bonds is 9. The van der Waals surface area contributed by atoms with Crippen molar-refractivity contribution < 1.29 is 14.2 Å². The van der Waals surface area contributed by atoms with Crippen molar-refractivity contribution in [3.63, 3.8) is 0 Å². The van der Waals surface area contributed by atoms with E-state index in [1.165, 1.54) is 0 Å². The van der Waals surface area contributed by atoms with Crippen molar-refractivity contribution >= 4 is 0 Å². The molecule has 0 aromatic heterocycles. The fraction of sp³-hybridized carbons (Fsp3) is 0.625. The van der Waals surface area contributed by atoms with Crippen LogP contribution in [-0.4, -0.2) is 26.9 Å². The molecule has 0 saturated heterocycles. The molecule has 0 saturated carbocycles. The molecule has 0 amide bonds. The van der Waals surface area contributed by atoms with Crippen molar-refractivity contribution in [1.82, 2.24) is 0 Å². The lowest BCUT2D eigenvalue weighted by molar-refractivity contribution is 0.0309. The molecule has 114 valence electrons. The molecule has 0 bridgehead atoms. The van der Waals surface area contributed by atoms with Crippen LogP contribution in [0.5, 0.6) is 5.75 Å². The quantitative estimate of drug-likeness (QED) is 0.707. The first-order valence-electron chi connectivity index (χ1n) is 7.12. The molecule has 1 rings (SSSR count). The van der Waals surface area contributed by atoms with Gasteiger partial charge in [-0.1, -0.05) is 19.9 Å². The Morgan fingerprint density at radius 3 is 2.40 bits per heavy atom. The maximum Gasteiger partial charge on any atom is 0.124 e. The lowest BCUT2D eigenvalue weighted by atomic mass is 10.1. The second kappa shape index (κ2) is 8.95. The lowest BCUT2D eigenvalue weighted by Crippen LogP contribution is -2.09. The molecule has 0 spiro atoms. The molecule has 0 heterocycles. The van der Waals surface area contributed by atoms with Crippen molar-refractivity contribution in [3.8, 4) is 5.75 Å². The van der Waals surface area contributed by atoms with E-state index in [0.29, 0.717) is 25.7 Å². The summed E-state index contributed by atoms with van der Waals surface area (Å²) in [6.07, 6.45) is 0. The van der Waals surface area contributed by atoms with Crippen LogP contribution in [0, 0.1) is 5.92 Å². The number of benzene rings is 1. The van der Waals surface area contributed by atoms with Crippen LogP contribution in [0.15, 0.2) is 18.2 Å². The molecule has 20 heavy (non-hydrogen) atoms. The molecule has 1 aromatic carbocycles. The molecule has 0 fully saturated rings. The van der Waals surface area contributed by atoms with Gasteiger partial charge in [-0.15, -0.1) is 0 Å². The third-order valence-corrected chi connectivity index (χ3v) is 2.91. The van der Waals surface area contributed by atoms with Crippen molar-refractivity contribution in [2.75, 3.05) is 26.9 Å². The van der Waals surface area contributed by atoms with Crippen LogP contribution in [-0.2, 0) is 16.1 Å². The Bertz CT molecular complexity index is 391. The van der Waals surface area contributed by atoms with E-state index in [2.05, 4.69) is 13.8 Å². The minimum atomic E-state index is 0.00836. The first-order valence-corrected chi connectivity index (χ1v) is 7.12. The summed E-state index contributed by atoms with van der Waals surface area (Å²) in [7, 11) is 1.66. The smallest absolute Gasteiger partial charge is 0.124 e. The van der Waals surface area contributed by atoms with Crippen molar-refractivity contribution in [1.29, 1.82) is 0 Å². The zero-order valence-electron chi connectivity index (χ0n) is 13.0. The van der Waals surface area contributed by atoms with Gasteiger partial charge in [-0.2, -0.15) is 0 Å². The van der Waals surface area contributed by atoms with Gasteiger partial charge in [0.25, 0.3) is 0 Å². The van der Waals surface area contributed by atoms with Gasteiger partial charge in [-0.05, 0) is 30.5 Å². The number of methoxy groups -OCH3 is 1. The molecule has 2 N–H and O–H groups in total. The first-order chi connectivity index (χ1) is 9.54. The van der Waals surface area contributed by atoms with E-state index in [0.717, 1.165) is 23.5 Å². The van der Waals surface area contributed by atoms with Crippen LogP contribution in [0.1, 0.15) is 37.9 Å². The number of hydrogen-bond donors (Lipinski definition) is 1. The van der Waals surface area contributed by atoms with E-state index < -0.39 is 0 Å². The Morgan fingerprint density at radius 2 is 1.80 bits per heavy atom. The summed E-state index contributed by atoms with van der Waals surface area (Å²) in [6.45, 7) is 8.70. The van der Waals surface area contributed by atoms with Gasteiger partial charge in [0.15, 0.2) is 0 Å². The summed E-state index contributed by atoms with van der Waals surface area (Å²) >= 11 is 0. The minimum Gasteiger partial charge on any atom is -0.496 e. The highest BCUT2D eigenvalue weighted by Crippen LogP contribution is 2.23. The van der Waals surface area contributed by atoms with Crippen LogP contribution in [0.4, 0.5) is 0 Å². The van der Waals surface area contributed by atoms with Gasteiger partial charge >= 0.3 is 0 Å². The lowest BCUT2D eigenvalue weighted by Gasteiger charge is -2.13. The largest absolute Gasteiger partial charge is 0.496 e. The molecule has 0 radical (unpaired) electrons. The highest BCUT2D eigenvalue weighted by atomic mass is 16.5. The maximum absolute atomic E-state index is 5.90. The minimum absolute atomic E-state index is 0.00836. The Kier molecular flexibility index (Phi) is 7.59. The van der Waals surface area contributed by atoms with Crippen LogP contribution < -0.4 is 10.5 Å². The van der Waals surface area contributed by atoms with Gasteiger partial charge in [-0.25, -0.2) is 0 Å². The highest BCUT2D eigenvalue weighted by Gasteiger charge is 2.07. The third kappa shape index (κ3) is 5.90. The molecule has 0 aliphatic carbocycles. The molecular formula is C16H27NO3. The van der Waals surface area contributed by atoms with Crippen molar-refractivity contribution in [2.24, 2.45) is 11.7 Å². The summed E-state index contributed by atoms with van der Waals surface area (Å²) in [5, 5.41) is 0. The summed E-state index contributed by atoms with van der Waals surface area (Å²) in [4.78, 5) is 0. The third-order valence-electron chi connectivity index (χ3n) is 2.91. The van der Waals surface area contributed by atoms with Crippen molar-refractivity contribution in [2.45, 2.75) is 33.4 Å². The van der Waals surface area contributed by atoms with Gasteiger partial charge in [0, 0.05) is 18.2 Å². The van der Waals surface area contributed by atoms with E-state index in [1.807, 2.05) is 25.1 Å². The van der Waals surface area contributed by atoms with Crippen molar-refractivity contribution in [3.05, 3.63) is 29.3 Å². The van der Waals surface area contributed by atoms with Crippen LogP contribution in [0.25, 0.3) is 0 Å². The average Bonchev–Trinajstić information content (AvgIpc) is 2.42. The summed E-state index contributed by atoms with van der Waals surface area (Å²) in [5.74, 6) is 1.38. The molecule has 1 aromatic rings. The topological polar surface area (TPSA) is 53.7 Å². The Labute approximate surface area is 122 Å². The van der Waals surface area contributed by atoms with Crippen LogP contribution in [0.3, 0.4) is 0 Å². The highest BCUT2D eigenvalue weighted by molar-refractivity contribution is 5.37. The molecule has 4 heteroatoms. The summed E-state index contributed by atoms with van der Waals surface area (Å²) in [5.41, 5.74) is 8.00. The SMILES string of the molecule is COc1ccc(C(C)N)cc1COCCOCC(C)C. The van der Waals surface area contributed by atoms with Crippen LogP contribution >= 0.6 is 0 Å². The van der Waals surface area contributed by atoms with E-state index in [9.17, 15) is 0 Å². The van der Waals surface area contributed by atoms with Crippen LogP contribution in [0.2, 0.25) is 0 Å². The zero-order valence-corrected chi connectivity index (χ0v) is 13.0. The monoisotopic (exact) mass is 281 g/mol. The molecule has 4 nitrogen and oxygen atoms in total. The standard InChI is InChI=1S/C16H27NO3/c1-12(2)10-19-7-8-20-11-15-9-14(13(3)17)5-6-16(15)18-4/h5-6,9,12-13H,7-8,10-11,17H2,1-4H3. The number of hydrogen-bond acceptors (Lipinski definition) is 4. The molecule has 0 aliphatic rings. The fourth-order valence-corrected chi connectivity index (χ4v) is 1.81. The predicted octanol–water partition coefficient (Wildman–Crippen LogP) is 2.90. The Balaban J connectivity index is 2.43. The normalized spacial score (nSPS) is 12.7. The molecule has 1 atom stereocenters. The Hall–Kier alpha value is -1.10. The predicted molar refractivity (Wildman–Crippen MR) is 80.9 cm³/mol. The van der Waals surface area contributed by atoms with Gasteiger partial charge in [0.05, 0.1) is 26.9 Å². The Morgan fingerprint density at radius 1 is 1.10 bits per heavy atom. The first kappa shape index (κ1) is 17.0.